The van der Waals surface area contributed by atoms with E-state index in [4.69, 9.17) is 0 Å². The fourth-order valence-corrected chi connectivity index (χ4v) is 3.25. The van der Waals surface area contributed by atoms with Crippen LogP contribution in [0.4, 0.5) is 0 Å². The standard InChI is InChI=1S/C16H33NO/c1-3-5-7-11-16(18,12-8-6-4-2)15-9-13-17-14-10-15/h15,17-18H,3-14H2,1-2H3. The number of unbranched alkanes of at least 4 members (excludes halogenated alkanes) is 4. The fourth-order valence-electron chi connectivity index (χ4n) is 3.25. The predicted octanol–water partition coefficient (Wildman–Crippen LogP) is 3.88. The first-order chi connectivity index (χ1) is 8.73. The maximum atomic E-state index is 11.1. The summed E-state index contributed by atoms with van der Waals surface area (Å²) in [7, 11) is 0. The Morgan fingerprint density at radius 1 is 0.944 bits per heavy atom. The van der Waals surface area contributed by atoms with E-state index in [0.717, 1.165) is 38.8 Å². The van der Waals surface area contributed by atoms with Gasteiger partial charge in [-0.2, -0.15) is 0 Å². The highest BCUT2D eigenvalue weighted by Crippen LogP contribution is 2.35. The zero-order valence-corrected chi connectivity index (χ0v) is 12.5. The van der Waals surface area contributed by atoms with Gasteiger partial charge in [0.05, 0.1) is 5.60 Å². The molecule has 0 amide bonds. The molecule has 2 heteroatoms. The van der Waals surface area contributed by atoms with E-state index >= 15 is 0 Å². The molecule has 108 valence electrons. The molecule has 18 heavy (non-hydrogen) atoms. The minimum Gasteiger partial charge on any atom is -0.390 e. The molecule has 0 aromatic heterocycles. The van der Waals surface area contributed by atoms with E-state index in [1.165, 1.54) is 38.5 Å². The monoisotopic (exact) mass is 255 g/mol. The Morgan fingerprint density at radius 2 is 1.44 bits per heavy atom. The van der Waals surface area contributed by atoms with Crippen LogP contribution in [0.1, 0.15) is 78.1 Å². The Morgan fingerprint density at radius 3 is 1.89 bits per heavy atom. The lowest BCUT2D eigenvalue weighted by molar-refractivity contribution is -0.0480. The minimum atomic E-state index is -0.369. The maximum absolute atomic E-state index is 11.1. The highest BCUT2D eigenvalue weighted by Gasteiger charge is 2.35. The molecule has 1 aliphatic heterocycles. The average Bonchev–Trinajstić information content (AvgIpc) is 2.40. The number of hydrogen-bond acceptors (Lipinski definition) is 2. The van der Waals surface area contributed by atoms with E-state index in [1.54, 1.807) is 0 Å². The summed E-state index contributed by atoms with van der Waals surface area (Å²) in [6.45, 7) is 6.66. The van der Waals surface area contributed by atoms with Gasteiger partial charge in [0.15, 0.2) is 0 Å². The van der Waals surface area contributed by atoms with Crippen LogP contribution in [0.2, 0.25) is 0 Å². The van der Waals surface area contributed by atoms with Gasteiger partial charge in [0, 0.05) is 0 Å². The van der Waals surface area contributed by atoms with Crippen LogP contribution in [0.15, 0.2) is 0 Å². The molecule has 0 bridgehead atoms. The second-order valence-corrected chi connectivity index (χ2v) is 6.04. The van der Waals surface area contributed by atoms with Gasteiger partial charge in [-0.05, 0) is 44.7 Å². The first-order valence-corrected chi connectivity index (χ1v) is 8.16. The van der Waals surface area contributed by atoms with Crippen LogP contribution in [-0.2, 0) is 0 Å². The lowest BCUT2D eigenvalue weighted by Crippen LogP contribution is -2.44. The highest BCUT2D eigenvalue weighted by atomic mass is 16.3. The van der Waals surface area contributed by atoms with Crippen molar-refractivity contribution in [3.05, 3.63) is 0 Å². The van der Waals surface area contributed by atoms with E-state index in [1.807, 2.05) is 0 Å². The van der Waals surface area contributed by atoms with Gasteiger partial charge in [0.1, 0.15) is 0 Å². The number of piperidine rings is 1. The molecular formula is C16H33NO. The van der Waals surface area contributed by atoms with E-state index in [9.17, 15) is 5.11 Å². The summed E-state index contributed by atoms with van der Waals surface area (Å²) in [5.74, 6) is 0.535. The zero-order chi connectivity index (χ0) is 13.3. The SMILES string of the molecule is CCCCCC(O)(CCCCC)C1CCNCC1. The van der Waals surface area contributed by atoms with Crippen LogP contribution in [0.5, 0.6) is 0 Å². The maximum Gasteiger partial charge on any atom is 0.0676 e. The van der Waals surface area contributed by atoms with Gasteiger partial charge in [-0.3, -0.25) is 0 Å². The summed E-state index contributed by atoms with van der Waals surface area (Å²) >= 11 is 0. The minimum absolute atomic E-state index is 0.369. The molecule has 1 saturated heterocycles. The summed E-state index contributed by atoms with van der Waals surface area (Å²) in [5, 5.41) is 14.5. The first kappa shape index (κ1) is 16.0. The van der Waals surface area contributed by atoms with E-state index in [-0.39, 0.29) is 5.60 Å². The lowest BCUT2D eigenvalue weighted by atomic mass is 9.75. The molecule has 1 aliphatic rings. The molecular weight excluding hydrogens is 222 g/mol. The molecule has 2 nitrogen and oxygen atoms in total. The number of nitrogens with one attached hydrogen (secondary N) is 1. The van der Waals surface area contributed by atoms with Crippen molar-refractivity contribution in [2.24, 2.45) is 5.92 Å². The molecule has 0 unspecified atom stereocenters. The highest BCUT2D eigenvalue weighted by molar-refractivity contribution is 4.89. The second-order valence-electron chi connectivity index (χ2n) is 6.04. The summed E-state index contributed by atoms with van der Waals surface area (Å²) in [6.07, 6.45) is 11.8. The Kier molecular flexibility index (Phi) is 7.92. The molecule has 2 N–H and O–H groups in total. The molecule has 0 spiro atoms. The molecule has 0 aromatic rings. The van der Waals surface area contributed by atoms with Crippen molar-refractivity contribution in [2.45, 2.75) is 83.7 Å². The third-order valence-corrected chi connectivity index (χ3v) is 4.53. The van der Waals surface area contributed by atoms with Gasteiger partial charge in [-0.1, -0.05) is 52.4 Å². The Balaban J connectivity index is 2.47. The molecule has 0 radical (unpaired) electrons. The summed E-state index contributed by atoms with van der Waals surface area (Å²) in [6, 6.07) is 0. The van der Waals surface area contributed by atoms with Crippen molar-refractivity contribution in [1.29, 1.82) is 0 Å². The van der Waals surface area contributed by atoms with Crippen LogP contribution in [0.25, 0.3) is 0 Å². The Labute approximate surface area is 114 Å². The quantitative estimate of drug-likeness (QED) is 0.613. The van der Waals surface area contributed by atoms with Gasteiger partial charge in [0.2, 0.25) is 0 Å². The van der Waals surface area contributed by atoms with Gasteiger partial charge >= 0.3 is 0 Å². The largest absolute Gasteiger partial charge is 0.390 e. The molecule has 1 rings (SSSR count). The van der Waals surface area contributed by atoms with Gasteiger partial charge < -0.3 is 10.4 Å². The average molecular weight is 255 g/mol. The summed E-state index contributed by atoms with van der Waals surface area (Å²) in [4.78, 5) is 0. The second kappa shape index (κ2) is 8.92. The molecule has 1 heterocycles. The van der Waals surface area contributed by atoms with Crippen molar-refractivity contribution in [2.75, 3.05) is 13.1 Å². The third-order valence-electron chi connectivity index (χ3n) is 4.53. The van der Waals surface area contributed by atoms with Crippen molar-refractivity contribution in [3.63, 3.8) is 0 Å². The fraction of sp³-hybridized carbons (Fsp3) is 1.00. The number of aliphatic hydroxyl groups is 1. The summed E-state index contributed by atoms with van der Waals surface area (Å²) < 4.78 is 0. The Bertz CT molecular complexity index is 189. The van der Waals surface area contributed by atoms with Gasteiger partial charge in [0.25, 0.3) is 0 Å². The van der Waals surface area contributed by atoms with Crippen molar-refractivity contribution in [3.8, 4) is 0 Å². The van der Waals surface area contributed by atoms with Gasteiger partial charge in [-0.25, -0.2) is 0 Å². The molecule has 0 aromatic carbocycles. The zero-order valence-electron chi connectivity index (χ0n) is 12.5. The molecule has 0 atom stereocenters. The summed E-state index contributed by atoms with van der Waals surface area (Å²) in [5.41, 5.74) is -0.369. The van der Waals surface area contributed by atoms with E-state index in [0.29, 0.717) is 5.92 Å². The molecule has 0 saturated carbocycles. The van der Waals surface area contributed by atoms with Gasteiger partial charge in [-0.15, -0.1) is 0 Å². The molecule has 1 fully saturated rings. The third kappa shape index (κ3) is 5.27. The lowest BCUT2D eigenvalue weighted by Gasteiger charge is -2.39. The van der Waals surface area contributed by atoms with Crippen LogP contribution in [-0.4, -0.2) is 23.8 Å². The first-order valence-electron chi connectivity index (χ1n) is 8.16. The number of rotatable bonds is 9. The Hall–Kier alpha value is -0.0800. The smallest absolute Gasteiger partial charge is 0.0676 e. The normalized spacial score (nSPS) is 18.2. The van der Waals surface area contributed by atoms with Crippen molar-refractivity contribution in [1.82, 2.24) is 5.32 Å². The topological polar surface area (TPSA) is 32.3 Å². The van der Waals surface area contributed by atoms with Crippen LogP contribution < -0.4 is 5.32 Å². The predicted molar refractivity (Wildman–Crippen MR) is 78.8 cm³/mol. The van der Waals surface area contributed by atoms with Crippen LogP contribution in [0.3, 0.4) is 0 Å². The number of hydrogen-bond donors (Lipinski definition) is 2. The van der Waals surface area contributed by atoms with Crippen LogP contribution >= 0.6 is 0 Å². The van der Waals surface area contributed by atoms with E-state index in [2.05, 4.69) is 19.2 Å². The van der Waals surface area contributed by atoms with Crippen molar-refractivity contribution >= 4 is 0 Å². The molecule has 0 aliphatic carbocycles. The van der Waals surface area contributed by atoms with Crippen LogP contribution in [0, 0.1) is 5.92 Å². The van der Waals surface area contributed by atoms with Crippen molar-refractivity contribution < 1.29 is 5.11 Å². The van der Waals surface area contributed by atoms with E-state index < -0.39 is 0 Å².